The van der Waals surface area contributed by atoms with Crippen molar-refractivity contribution in [1.82, 2.24) is 9.38 Å². The second-order valence-corrected chi connectivity index (χ2v) is 2.96. The first-order valence-electron chi connectivity index (χ1n) is 4.17. The van der Waals surface area contributed by atoms with Crippen LogP contribution in [-0.4, -0.2) is 22.2 Å². The Hall–Kier alpha value is -1.72. The average Bonchev–Trinajstić information content (AvgIpc) is 2.60. The first kappa shape index (κ1) is 9.82. The summed E-state index contributed by atoms with van der Waals surface area (Å²) in [5, 5.41) is 0. The Morgan fingerprint density at radius 1 is 1.33 bits per heavy atom. The summed E-state index contributed by atoms with van der Waals surface area (Å²) in [6, 6.07) is 3.04. The van der Waals surface area contributed by atoms with Crippen molar-refractivity contribution in [3.8, 4) is 5.75 Å². The molecule has 0 saturated carbocycles. The summed E-state index contributed by atoms with van der Waals surface area (Å²) in [6.45, 7) is -1.28. The molecule has 0 amide bonds. The summed E-state index contributed by atoms with van der Waals surface area (Å²) in [5.41, 5.74) is 0.661. The van der Waals surface area contributed by atoms with Gasteiger partial charge in [-0.1, -0.05) is 0 Å². The van der Waals surface area contributed by atoms with E-state index in [4.69, 9.17) is 0 Å². The van der Waals surface area contributed by atoms with Crippen molar-refractivity contribution < 1.29 is 17.9 Å². The molecule has 0 radical (unpaired) electrons. The molecule has 0 unspecified atom stereocenters. The van der Waals surface area contributed by atoms with Crippen LogP contribution in [0.1, 0.15) is 0 Å². The molecule has 0 fully saturated rings. The van der Waals surface area contributed by atoms with Crippen LogP contribution >= 0.6 is 0 Å². The van der Waals surface area contributed by atoms with Gasteiger partial charge in [-0.15, -0.1) is 0 Å². The summed E-state index contributed by atoms with van der Waals surface area (Å²) in [5.74, 6) is 0.165. The minimum atomic E-state index is -4.32. The molecule has 2 rings (SSSR count). The van der Waals surface area contributed by atoms with E-state index < -0.39 is 12.8 Å². The number of pyridine rings is 1. The highest BCUT2D eigenvalue weighted by molar-refractivity contribution is 5.41. The van der Waals surface area contributed by atoms with Crippen LogP contribution in [0.3, 0.4) is 0 Å². The lowest BCUT2D eigenvalue weighted by Gasteiger charge is -2.08. The number of nitrogens with zero attached hydrogens (tertiary/aromatic N) is 2. The molecule has 3 nitrogen and oxygen atoms in total. The zero-order valence-corrected chi connectivity index (χ0v) is 7.53. The highest BCUT2D eigenvalue weighted by atomic mass is 19.4. The number of hydrogen-bond donors (Lipinski definition) is 0. The monoisotopic (exact) mass is 216 g/mol. The number of rotatable bonds is 2. The van der Waals surface area contributed by atoms with Gasteiger partial charge >= 0.3 is 6.18 Å². The van der Waals surface area contributed by atoms with Gasteiger partial charge in [-0.25, -0.2) is 4.98 Å². The highest BCUT2D eigenvalue weighted by Crippen LogP contribution is 2.18. The topological polar surface area (TPSA) is 26.5 Å². The summed E-state index contributed by atoms with van der Waals surface area (Å²) in [7, 11) is 0. The Labute approximate surface area is 83.1 Å². The van der Waals surface area contributed by atoms with Gasteiger partial charge < -0.3 is 9.14 Å². The summed E-state index contributed by atoms with van der Waals surface area (Å²) >= 11 is 0. The summed E-state index contributed by atoms with van der Waals surface area (Å²) in [6.07, 6.45) is 0.330. The Bertz CT molecular complexity index is 464. The number of fused-ring (bicyclic) bond motifs is 1. The van der Waals surface area contributed by atoms with Gasteiger partial charge in [-0.3, -0.25) is 0 Å². The molecule has 0 aliphatic heterocycles. The lowest BCUT2D eigenvalue weighted by molar-refractivity contribution is -0.153. The molecular formula is C9H7F3N2O. The van der Waals surface area contributed by atoms with Gasteiger partial charge in [0.05, 0.1) is 6.20 Å². The van der Waals surface area contributed by atoms with E-state index in [1.54, 1.807) is 22.9 Å². The quantitative estimate of drug-likeness (QED) is 0.769. The van der Waals surface area contributed by atoms with E-state index in [9.17, 15) is 13.2 Å². The number of imidazole rings is 1. The zero-order valence-electron chi connectivity index (χ0n) is 7.53. The Morgan fingerprint density at radius 2 is 2.13 bits per heavy atom. The predicted molar refractivity (Wildman–Crippen MR) is 46.7 cm³/mol. The molecule has 0 saturated heterocycles. The average molecular weight is 216 g/mol. The minimum absolute atomic E-state index is 0.165. The van der Waals surface area contributed by atoms with Crippen LogP contribution < -0.4 is 4.74 Å². The number of alkyl halides is 3. The Balaban J connectivity index is 2.15. The molecule has 2 aromatic heterocycles. The van der Waals surface area contributed by atoms with Crippen LogP contribution in [0.2, 0.25) is 0 Å². The van der Waals surface area contributed by atoms with Crippen molar-refractivity contribution in [1.29, 1.82) is 0 Å². The SMILES string of the molecule is FC(F)(F)COc1ccc2nccn2c1. The third-order valence-corrected chi connectivity index (χ3v) is 1.76. The summed E-state index contributed by atoms with van der Waals surface area (Å²) in [4.78, 5) is 3.95. The molecule has 80 valence electrons. The second kappa shape index (κ2) is 3.45. The number of ether oxygens (including phenoxy) is 1. The molecule has 2 aromatic rings. The molecule has 0 spiro atoms. The third-order valence-electron chi connectivity index (χ3n) is 1.76. The van der Waals surface area contributed by atoms with Crippen molar-refractivity contribution in [3.05, 3.63) is 30.7 Å². The fourth-order valence-electron chi connectivity index (χ4n) is 1.15. The van der Waals surface area contributed by atoms with Crippen LogP contribution in [0.25, 0.3) is 5.65 Å². The molecule has 6 heteroatoms. The van der Waals surface area contributed by atoms with Crippen molar-refractivity contribution >= 4 is 5.65 Å². The van der Waals surface area contributed by atoms with Gasteiger partial charge in [0.15, 0.2) is 6.61 Å². The first-order chi connectivity index (χ1) is 7.04. The van der Waals surface area contributed by atoms with E-state index in [-0.39, 0.29) is 5.75 Å². The third kappa shape index (κ3) is 2.39. The predicted octanol–water partition coefficient (Wildman–Crippen LogP) is 2.28. The maximum atomic E-state index is 11.9. The molecule has 2 heterocycles. The minimum Gasteiger partial charge on any atom is -0.483 e. The molecule has 0 aliphatic carbocycles. The fraction of sp³-hybridized carbons (Fsp3) is 0.222. The molecule has 15 heavy (non-hydrogen) atoms. The van der Waals surface area contributed by atoms with Crippen molar-refractivity contribution in [3.63, 3.8) is 0 Å². The van der Waals surface area contributed by atoms with Crippen molar-refractivity contribution in [2.24, 2.45) is 0 Å². The molecule has 0 bridgehead atoms. The van der Waals surface area contributed by atoms with Gasteiger partial charge in [0, 0.05) is 12.4 Å². The second-order valence-electron chi connectivity index (χ2n) is 2.96. The van der Waals surface area contributed by atoms with Crippen LogP contribution in [-0.2, 0) is 0 Å². The van der Waals surface area contributed by atoms with Crippen LogP contribution in [0.5, 0.6) is 5.75 Å². The normalized spacial score (nSPS) is 11.9. The number of halogens is 3. The molecule has 0 aliphatic rings. The van der Waals surface area contributed by atoms with Gasteiger partial charge in [-0.05, 0) is 12.1 Å². The largest absolute Gasteiger partial charge is 0.483 e. The lowest BCUT2D eigenvalue weighted by Crippen LogP contribution is -2.19. The van der Waals surface area contributed by atoms with Crippen LogP contribution in [0.4, 0.5) is 13.2 Å². The number of hydrogen-bond acceptors (Lipinski definition) is 2. The lowest BCUT2D eigenvalue weighted by atomic mass is 10.4. The van der Waals surface area contributed by atoms with E-state index in [1.807, 2.05) is 0 Å². The Morgan fingerprint density at radius 3 is 2.87 bits per heavy atom. The van der Waals surface area contributed by atoms with Crippen molar-refractivity contribution in [2.75, 3.05) is 6.61 Å². The number of aromatic nitrogens is 2. The van der Waals surface area contributed by atoms with E-state index in [1.165, 1.54) is 12.3 Å². The van der Waals surface area contributed by atoms with Gasteiger partial charge in [0.1, 0.15) is 11.4 Å². The van der Waals surface area contributed by atoms with Gasteiger partial charge in [0.2, 0.25) is 0 Å². The van der Waals surface area contributed by atoms with Gasteiger partial charge in [0.25, 0.3) is 0 Å². The smallest absolute Gasteiger partial charge is 0.422 e. The summed E-state index contributed by atoms with van der Waals surface area (Å²) < 4.78 is 41.7. The fourth-order valence-corrected chi connectivity index (χ4v) is 1.15. The molecular weight excluding hydrogens is 209 g/mol. The Kier molecular flexibility index (Phi) is 2.26. The molecule has 0 aromatic carbocycles. The highest BCUT2D eigenvalue weighted by Gasteiger charge is 2.28. The standard InChI is InChI=1S/C9H7F3N2O/c10-9(11,12)6-15-7-1-2-8-13-3-4-14(8)5-7/h1-5H,6H2. The van der Waals surface area contributed by atoms with E-state index in [2.05, 4.69) is 9.72 Å². The van der Waals surface area contributed by atoms with E-state index in [0.717, 1.165) is 0 Å². The van der Waals surface area contributed by atoms with Crippen LogP contribution in [0.15, 0.2) is 30.7 Å². The van der Waals surface area contributed by atoms with Crippen molar-refractivity contribution in [2.45, 2.75) is 6.18 Å². The maximum absolute atomic E-state index is 11.9. The zero-order chi connectivity index (χ0) is 10.9. The molecule has 0 N–H and O–H groups in total. The van der Waals surface area contributed by atoms with E-state index >= 15 is 0 Å². The first-order valence-corrected chi connectivity index (χ1v) is 4.17. The van der Waals surface area contributed by atoms with E-state index in [0.29, 0.717) is 5.65 Å². The van der Waals surface area contributed by atoms with Gasteiger partial charge in [-0.2, -0.15) is 13.2 Å². The maximum Gasteiger partial charge on any atom is 0.422 e. The molecule has 0 atom stereocenters. The van der Waals surface area contributed by atoms with Crippen LogP contribution in [0, 0.1) is 0 Å².